The molecule has 1 heterocycles. The van der Waals surface area contributed by atoms with E-state index in [0.29, 0.717) is 15.7 Å². The number of thioether (sulfide) groups is 1. The predicted molar refractivity (Wildman–Crippen MR) is 120 cm³/mol. The Morgan fingerprint density at radius 2 is 1.83 bits per heavy atom. The first-order chi connectivity index (χ1) is 14.6. The van der Waals surface area contributed by atoms with E-state index in [0.717, 1.165) is 33.8 Å². The van der Waals surface area contributed by atoms with Gasteiger partial charge in [0.25, 0.3) is 11.1 Å². The number of halogens is 1. The van der Waals surface area contributed by atoms with Gasteiger partial charge in [-0.1, -0.05) is 54.1 Å². The molecule has 0 spiro atoms. The van der Waals surface area contributed by atoms with Crippen LogP contribution in [0.15, 0.2) is 65.6 Å². The molecule has 0 atom stereocenters. The molecule has 5 nitrogen and oxygen atoms in total. The number of hydrogen-bond donors (Lipinski definition) is 0. The van der Waals surface area contributed by atoms with Crippen LogP contribution < -0.4 is 9.47 Å². The Morgan fingerprint density at radius 1 is 1.03 bits per heavy atom. The first-order valence-corrected chi connectivity index (χ1v) is 10.5. The summed E-state index contributed by atoms with van der Waals surface area (Å²) in [5.41, 5.74) is 0.721. The molecule has 0 aromatic heterocycles. The van der Waals surface area contributed by atoms with Gasteiger partial charge < -0.3 is 9.47 Å². The fraction of sp³-hybridized carbons (Fsp3) is 0.130. The Balaban J connectivity index is 1.43. The van der Waals surface area contributed by atoms with Crippen molar-refractivity contribution in [2.24, 2.45) is 0 Å². The van der Waals surface area contributed by atoms with Crippen molar-refractivity contribution in [2.75, 3.05) is 20.3 Å². The molecule has 1 fully saturated rings. The summed E-state index contributed by atoms with van der Waals surface area (Å²) in [6.07, 6.45) is 1.65. The van der Waals surface area contributed by atoms with Gasteiger partial charge in [0.15, 0.2) is 0 Å². The van der Waals surface area contributed by atoms with Gasteiger partial charge in [-0.25, -0.2) is 0 Å². The van der Waals surface area contributed by atoms with Crippen LogP contribution in [0.5, 0.6) is 11.5 Å². The molecule has 0 aliphatic carbocycles. The minimum absolute atomic E-state index is 0.175. The summed E-state index contributed by atoms with van der Waals surface area (Å²) in [6, 6.07) is 18.9. The molecule has 1 aliphatic rings. The molecule has 0 unspecified atom stereocenters. The topological polar surface area (TPSA) is 55.8 Å². The summed E-state index contributed by atoms with van der Waals surface area (Å²) in [7, 11) is 1.53. The standard InChI is InChI=1S/C23H18ClNO4S/c1-28-20-10-9-15(13-18(20)24)14-21-22(26)25(23(27)30-21)11-12-29-19-8-4-6-16-5-2-3-7-17(16)19/h2-10,13-14H,11-12H2,1H3/b21-14-. The van der Waals surface area contributed by atoms with Crippen molar-refractivity contribution < 1.29 is 19.1 Å². The molecule has 1 aliphatic heterocycles. The molecule has 30 heavy (non-hydrogen) atoms. The number of carbonyl (C=O) groups is 2. The average molecular weight is 440 g/mol. The summed E-state index contributed by atoms with van der Waals surface area (Å²) < 4.78 is 11.0. The third kappa shape index (κ3) is 4.15. The maximum atomic E-state index is 12.7. The molecule has 152 valence electrons. The third-order valence-electron chi connectivity index (χ3n) is 4.67. The Hall–Kier alpha value is -2.96. The zero-order valence-corrected chi connectivity index (χ0v) is 17.7. The molecule has 7 heteroatoms. The highest BCUT2D eigenvalue weighted by molar-refractivity contribution is 8.18. The number of ether oxygens (including phenoxy) is 2. The van der Waals surface area contributed by atoms with Crippen LogP contribution in [-0.2, 0) is 4.79 Å². The molecule has 0 bridgehead atoms. The Morgan fingerprint density at radius 3 is 2.63 bits per heavy atom. The zero-order chi connectivity index (χ0) is 21.1. The maximum absolute atomic E-state index is 12.7. The first-order valence-electron chi connectivity index (χ1n) is 9.26. The van der Waals surface area contributed by atoms with Gasteiger partial charge in [0.1, 0.15) is 18.1 Å². The molecule has 0 radical (unpaired) electrons. The van der Waals surface area contributed by atoms with Crippen LogP contribution >= 0.6 is 23.4 Å². The molecule has 3 aromatic rings. The van der Waals surface area contributed by atoms with E-state index in [9.17, 15) is 9.59 Å². The van der Waals surface area contributed by atoms with Crippen molar-refractivity contribution >= 4 is 51.4 Å². The summed E-state index contributed by atoms with van der Waals surface area (Å²) >= 11 is 7.05. The quantitative estimate of drug-likeness (QED) is 0.467. The maximum Gasteiger partial charge on any atom is 0.293 e. The van der Waals surface area contributed by atoms with Crippen molar-refractivity contribution in [1.82, 2.24) is 4.90 Å². The zero-order valence-electron chi connectivity index (χ0n) is 16.1. The lowest BCUT2D eigenvalue weighted by atomic mass is 10.1. The van der Waals surface area contributed by atoms with Gasteiger partial charge in [0.2, 0.25) is 0 Å². The lowest BCUT2D eigenvalue weighted by Gasteiger charge is -2.14. The van der Waals surface area contributed by atoms with Gasteiger partial charge in [0, 0.05) is 5.39 Å². The molecule has 2 amide bonds. The number of benzene rings is 3. The summed E-state index contributed by atoms with van der Waals surface area (Å²) in [4.78, 5) is 26.6. The van der Waals surface area contributed by atoms with Crippen molar-refractivity contribution in [3.63, 3.8) is 0 Å². The second kappa shape index (κ2) is 8.81. The molecule has 3 aromatic carbocycles. The van der Waals surface area contributed by atoms with Crippen LogP contribution in [0, 0.1) is 0 Å². The van der Waals surface area contributed by atoms with E-state index in [2.05, 4.69) is 0 Å². The number of nitrogens with zero attached hydrogens (tertiary/aromatic N) is 1. The number of methoxy groups -OCH3 is 1. The Kier molecular flexibility index (Phi) is 5.97. The van der Waals surface area contributed by atoms with E-state index >= 15 is 0 Å². The second-order valence-corrected chi connectivity index (χ2v) is 7.95. The highest BCUT2D eigenvalue weighted by Crippen LogP contribution is 2.34. The molecule has 0 N–H and O–H groups in total. The van der Waals surface area contributed by atoms with E-state index in [-0.39, 0.29) is 24.3 Å². The van der Waals surface area contributed by atoms with E-state index < -0.39 is 0 Å². The van der Waals surface area contributed by atoms with Crippen LogP contribution in [0.25, 0.3) is 16.8 Å². The van der Waals surface area contributed by atoms with Crippen LogP contribution in [0.4, 0.5) is 4.79 Å². The van der Waals surface area contributed by atoms with Crippen LogP contribution in [-0.4, -0.2) is 36.3 Å². The van der Waals surface area contributed by atoms with Crippen LogP contribution in [0.2, 0.25) is 5.02 Å². The number of imide groups is 1. The number of hydrogen-bond acceptors (Lipinski definition) is 5. The monoisotopic (exact) mass is 439 g/mol. The summed E-state index contributed by atoms with van der Waals surface area (Å²) in [6.45, 7) is 0.391. The SMILES string of the molecule is COc1ccc(/C=C2\SC(=O)N(CCOc3cccc4ccccc34)C2=O)cc1Cl. The predicted octanol–water partition coefficient (Wildman–Crippen LogP) is 5.62. The van der Waals surface area contributed by atoms with E-state index in [1.807, 2.05) is 42.5 Å². The van der Waals surface area contributed by atoms with Gasteiger partial charge in [0.05, 0.1) is 23.6 Å². The van der Waals surface area contributed by atoms with E-state index in [1.54, 1.807) is 24.3 Å². The average Bonchev–Trinajstić information content (AvgIpc) is 3.01. The van der Waals surface area contributed by atoms with Crippen LogP contribution in [0.3, 0.4) is 0 Å². The highest BCUT2D eigenvalue weighted by Gasteiger charge is 2.34. The number of rotatable bonds is 6. The van der Waals surface area contributed by atoms with Crippen molar-refractivity contribution in [2.45, 2.75) is 0 Å². The van der Waals surface area contributed by atoms with Crippen molar-refractivity contribution in [3.05, 3.63) is 76.2 Å². The second-order valence-electron chi connectivity index (χ2n) is 6.55. The number of carbonyl (C=O) groups excluding carboxylic acids is 2. The molecule has 0 saturated carbocycles. The number of fused-ring (bicyclic) bond motifs is 1. The molecule has 1 saturated heterocycles. The van der Waals surface area contributed by atoms with Crippen molar-refractivity contribution in [3.8, 4) is 11.5 Å². The fourth-order valence-electron chi connectivity index (χ4n) is 3.19. The van der Waals surface area contributed by atoms with Gasteiger partial charge in [-0.15, -0.1) is 0 Å². The molecular formula is C23H18ClNO4S. The Bertz CT molecular complexity index is 1160. The lowest BCUT2D eigenvalue weighted by molar-refractivity contribution is -0.123. The van der Waals surface area contributed by atoms with Crippen LogP contribution in [0.1, 0.15) is 5.56 Å². The minimum Gasteiger partial charge on any atom is -0.495 e. The van der Waals surface area contributed by atoms with Gasteiger partial charge in [-0.05, 0) is 47.0 Å². The highest BCUT2D eigenvalue weighted by atomic mass is 35.5. The summed E-state index contributed by atoms with van der Waals surface area (Å²) in [5.74, 6) is 0.939. The van der Waals surface area contributed by atoms with E-state index in [4.69, 9.17) is 21.1 Å². The third-order valence-corrected chi connectivity index (χ3v) is 5.87. The minimum atomic E-state index is -0.335. The van der Waals surface area contributed by atoms with Crippen molar-refractivity contribution in [1.29, 1.82) is 0 Å². The van der Waals surface area contributed by atoms with Gasteiger partial charge in [-0.3, -0.25) is 14.5 Å². The van der Waals surface area contributed by atoms with Gasteiger partial charge >= 0.3 is 0 Å². The largest absolute Gasteiger partial charge is 0.495 e. The lowest BCUT2D eigenvalue weighted by Crippen LogP contribution is -2.32. The molecular weight excluding hydrogens is 422 g/mol. The normalized spacial score (nSPS) is 15.3. The first kappa shape index (κ1) is 20.3. The summed E-state index contributed by atoms with van der Waals surface area (Å²) in [5, 5.41) is 2.19. The van der Waals surface area contributed by atoms with E-state index in [1.165, 1.54) is 12.0 Å². The fourth-order valence-corrected chi connectivity index (χ4v) is 4.32. The molecule has 4 rings (SSSR count). The Labute approximate surface area is 183 Å². The smallest absolute Gasteiger partial charge is 0.293 e. The van der Waals surface area contributed by atoms with Gasteiger partial charge in [-0.2, -0.15) is 0 Å². The number of amides is 2.